The molecule has 5 aromatic rings. The Morgan fingerprint density at radius 3 is 2.18 bits per heavy atom. The highest BCUT2D eigenvalue weighted by atomic mass is 16.5. The molecule has 2 amide bonds. The summed E-state index contributed by atoms with van der Waals surface area (Å²) in [6.45, 7) is 12.6. The van der Waals surface area contributed by atoms with E-state index in [0.717, 1.165) is 82.8 Å². The minimum absolute atomic E-state index is 0.0552. The van der Waals surface area contributed by atoms with Crippen molar-refractivity contribution in [3.05, 3.63) is 102 Å². The van der Waals surface area contributed by atoms with Crippen LogP contribution in [-0.2, 0) is 16.7 Å². The third-order valence-corrected chi connectivity index (χ3v) is 8.02. The van der Waals surface area contributed by atoms with Crippen LogP contribution in [0.1, 0.15) is 37.9 Å². The summed E-state index contributed by atoms with van der Waals surface area (Å²) in [5, 5.41) is 8.15. The van der Waals surface area contributed by atoms with Crippen LogP contribution in [-0.4, -0.2) is 52.2 Å². The van der Waals surface area contributed by atoms with Crippen LogP contribution in [0.5, 0.6) is 0 Å². The third kappa shape index (κ3) is 6.61. The van der Waals surface area contributed by atoms with Crippen molar-refractivity contribution in [3.8, 4) is 22.3 Å². The fourth-order valence-electron chi connectivity index (χ4n) is 5.49. The van der Waals surface area contributed by atoms with Gasteiger partial charge in [-0.3, -0.25) is 9.88 Å². The lowest BCUT2D eigenvalue weighted by Gasteiger charge is -2.26. The van der Waals surface area contributed by atoms with Gasteiger partial charge in [-0.05, 0) is 53.1 Å². The van der Waals surface area contributed by atoms with Crippen molar-refractivity contribution in [1.29, 1.82) is 0 Å². The number of carbonyl (C=O) groups excluding carboxylic acids is 1. The van der Waals surface area contributed by atoms with Crippen molar-refractivity contribution in [2.45, 2.75) is 39.7 Å². The van der Waals surface area contributed by atoms with Gasteiger partial charge in [0.1, 0.15) is 5.82 Å². The van der Waals surface area contributed by atoms with Crippen molar-refractivity contribution in [3.63, 3.8) is 0 Å². The molecule has 0 spiro atoms. The van der Waals surface area contributed by atoms with Crippen molar-refractivity contribution in [2.24, 2.45) is 0 Å². The summed E-state index contributed by atoms with van der Waals surface area (Å²) < 4.78 is 5.46. The number of pyridine rings is 1. The van der Waals surface area contributed by atoms with Crippen molar-refractivity contribution in [2.75, 3.05) is 36.9 Å². The Balaban J connectivity index is 1.24. The second-order valence-corrected chi connectivity index (χ2v) is 12.2. The van der Waals surface area contributed by atoms with Crippen LogP contribution in [0.15, 0.2) is 85.3 Å². The van der Waals surface area contributed by atoms with Gasteiger partial charge >= 0.3 is 6.03 Å². The van der Waals surface area contributed by atoms with Crippen LogP contribution >= 0.6 is 0 Å². The molecule has 0 bridgehead atoms. The first-order chi connectivity index (χ1) is 21.2. The number of fused-ring (bicyclic) bond motifs is 1. The highest BCUT2D eigenvalue weighted by Crippen LogP contribution is 2.35. The van der Waals surface area contributed by atoms with Gasteiger partial charge in [-0.2, -0.15) is 0 Å². The molecule has 1 aliphatic heterocycles. The van der Waals surface area contributed by atoms with E-state index in [1.54, 1.807) is 12.4 Å². The Labute approximate surface area is 258 Å². The maximum absolute atomic E-state index is 13.4. The normalized spacial score (nSPS) is 14.0. The first-order valence-electron chi connectivity index (χ1n) is 15.0. The predicted octanol–water partition coefficient (Wildman–Crippen LogP) is 7.44. The average molecular weight is 587 g/mol. The molecule has 1 saturated heterocycles. The molecule has 3 heterocycles. The number of benzene rings is 3. The molecule has 224 valence electrons. The number of nitrogens with zero attached hydrogens (tertiary/aromatic N) is 4. The lowest BCUT2D eigenvalue weighted by atomic mass is 9.85. The fraction of sp³-hybridized carbons (Fsp3) is 0.278. The van der Waals surface area contributed by atoms with E-state index in [9.17, 15) is 4.79 Å². The molecular formula is C36H38N6O2. The van der Waals surface area contributed by atoms with E-state index in [1.165, 1.54) is 0 Å². The van der Waals surface area contributed by atoms with Crippen LogP contribution in [0, 0.1) is 6.92 Å². The number of amides is 2. The number of morpholine rings is 1. The molecule has 0 unspecified atom stereocenters. The van der Waals surface area contributed by atoms with Crippen LogP contribution in [0.2, 0.25) is 0 Å². The molecule has 0 aliphatic carbocycles. The largest absolute Gasteiger partial charge is 0.379 e. The van der Waals surface area contributed by atoms with Gasteiger partial charge in [0, 0.05) is 60.3 Å². The zero-order valence-corrected chi connectivity index (χ0v) is 25.7. The van der Waals surface area contributed by atoms with Crippen LogP contribution < -0.4 is 10.6 Å². The topological polar surface area (TPSA) is 92.3 Å². The predicted molar refractivity (Wildman–Crippen MR) is 177 cm³/mol. The first kappa shape index (κ1) is 29.4. The molecule has 8 nitrogen and oxygen atoms in total. The number of aryl methyl sites for hydroxylation is 1. The molecule has 2 N–H and O–H groups in total. The van der Waals surface area contributed by atoms with Gasteiger partial charge in [0.15, 0.2) is 0 Å². The fourth-order valence-corrected chi connectivity index (χ4v) is 5.49. The average Bonchev–Trinajstić information content (AvgIpc) is 3.02. The molecule has 1 fully saturated rings. The van der Waals surface area contributed by atoms with Crippen LogP contribution in [0.4, 0.5) is 16.2 Å². The van der Waals surface area contributed by atoms with Gasteiger partial charge < -0.3 is 15.4 Å². The summed E-state index contributed by atoms with van der Waals surface area (Å²) in [5.41, 5.74) is 7.38. The number of aromatic nitrogens is 3. The molecule has 6 rings (SSSR count). The second kappa shape index (κ2) is 12.5. The van der Waals surface area contributed by atoms with Gasteiger partial charge in [-0.15, -0.1) is 0 Å². The molecule has 0 radical (unpaired) electrons. The number of hydrogen-bond donors (Lipinski definition) is 2. The number of rotatable bonds is 6. The quantitative estimate of drug-likeness (QED) is 0.215. The van der Waals surface area contributed by atoms with E-state index in [4.69, 9.17) is 9.72 Å². The van der Waals surface area contributed by atoms with E-state index in [2.05, 4.69) is 76.6 Å². The molecule has 0 saturated carbocycles. The molecule has 8 heteroatoms. The van der Waals surface area contributed by atoms with Gasteiger partial charge in [-0.25, -0.2) is 14.8 Å². The lowest BCUT2D eigenvalue weighted by molar-refractivity contribution is 0.0336. The second-order valence-electron chi connectivity index (χ2n) is 12.2. The SMILES string of the molecule is Cc1ncc(-c2cc(C(C)(C)C)ccc2NC(=O)Nc2ccc(-c3ccc(CN4CCOCC4)nc3)c3ccccc23)cn1. The molecule has 3 aromatic carbocycles. The number of hydrogen-bond acceptors (Lipinski definition) is 6. The van der Waals surface area contributed by atoms with Crippen molar-refractivity contribution < 1.29 is 9.53 Å². The van der Waals surface area contributed by atoms with Crippen molar-refractivity contribution in [1.82, 2.24) is 19.9 Å². The highest BCUT2D eigenvalue weighted by molar-refractivity contribution is 6.10. The maximum atomic E-state index is 13.4. The number of anilines is 2. The van der Waals surface area contributed by atoms with Crippen LogP contribution in [0.3, 0.4) is 0 Å². The van der Waals surface area contributed by atoms with E-state index in [1.807, 2.05) is 49.5 Å². The number of nitrogens with one attached hydrogen (secondary N) is 2. The highest BCUT2D eigenvalue weighted by Gasteiger charge is 2.19. The summed E-state index contributed by atoms with van der Waals surface area (Å²) in [6, 6.07) is 22.1. The molecule has 2 aromatic heterocycles. The summed E-state index contributed by atoms with van der Waals surface area (Å²) in [6.07, 6.45) is 5.53. The van der Waals surface area contributed by atoms with E-state index in [-0.39, 0.29) is 11.4 Å². The molecular weight excluding hydrogens is 548 g/mol. The molecule has 0 atom stereocenters. The lowest BCUT2D eigenvalue weighted by Crippen LogP contribution is -2.35. The van der Waals surface area contributed by atoms with Gasteiger partial charge in [0.2, 0.25) is 0 Å². The molecule has 1 aliphatic rings. The first-order valence-corrected chi connectivity index (χ1v) is 15.0. The Hall–Kier alpha value is -4.66. The number of carbonyl (C=O) groups is 1. The Bertz CT molecular complexity index is 1770. The van der Waals surface area contributed by atoms with Crippen LogP contribution in [0.25, 0.3) is 33.0 Å². The Morgan fingerprint density at radius 2 is 1.48 bits per heavy atom. The van der Waals surface area contributed by atoms with Gasteiger partial charge in [0.25, 0.3) is 0 Å². The Kier molecular flexibility index (Phi) is 8.37. The smallest absolute Gasteiger partial charge is 0.323 e. The summed E-state index contributed by atoms with van der Waals surface area (Å²) >= 11 is 0. The van der Waals surface area contributed by atoms with Gasteiger partial charge in [0.05, 0.1) is 30.3 Å². The Morgan fingerprint density at radius 1 is 0.795 bits per heavy atom. The number of urea groups is 1. The van der Waals surface area contributed by atoms with E-state index in [0.29, 0.717) is 11.5 Å². The summed E-state index contributed by atoms with van der Waals surface area (Å²) in [7, 11) is 0. The summed E-state index contributed by atoms with van der Waals surface area (Å²) in [4.78, 5) is 29.3. The van der Waals surface area contributed by atoms with E-state index >= 15 is 0 Å². The zero-order valence-electron chi connectivity index (χ0n) is 25.7. The molecule has 44 heavy (non-hydrogen) atoms. The van der Waals surface area contributed by atoms with Crippen molar-refractivity contribution >= 4 is 28.2 Å². The minimum atomic E-state index is -0.324. The third-order valence-electron chi connectivity index (χ3n) is 8.02. The van der Waals surface area contributed by atoms with E-state index < -0.39 is 0 Å². The minimum Gasteiger partial charge on any atom is -0.379 e. The maximum Gasteiger partial charge on any atom is 0.323 e. The zero-order chi connectivity index (χ0) is 30.7. The monoisotopic (exact) mass is 586 g/mol. The summed E-state index contributed by atoms with van der Waals surface area (Å²) in [5.74, 6) is 0.697. The van der Waals surface area contributed by atoms with Gasteiger partial charge in [-0.1, -0.05) is 63.2 Å². The number of ether oxygens (including phenoxy) is 1. The standard InChI is InChI=1S/C36H38N6O2/c1-24-37-21-26(22-38-24)32-19-27(36(2,3)4)10-13-34(32)41-35(43)40-33-14-12-29(30-7-5-6-8-31(30)33)25-9-11-28(39-20-25)23-42-15-17-44-18-16-42/h5-14,19-22H,15-18,23H2,1-4H3,(H2,40,41,43).